The van der Waals surface area contributed by atoms with Gasteiger partial charge in [-0.05, 0) is 46.3 Å². The molecular weight excluding hydrogens is 470 g/mol. The van der Waals surface area contributed by atoms with Gasteiger partial charge in [0.1, 0.15) is 5.82 Å². The molecule has 3 aromatic rings. The number of pyridine rings is 1. The molecule has 1 aliphatic rings. The van der Waals surface area contributed by atoms with Crippen LogP contribution in [0.25, 0.3) is 0 Å². The second-order valence-electron chi connectivity index (χ2n) is 6.96. The van der Waals surface area contributed by atoms with E-state index in [2.05, 4.69) is 25.8 Å². The summed E-state index contributed by atoms with van der Waals surface area (Å²) in [6.45, 7) is 2.28. The summed E-state index contributed by atoms with van der Waals surface area (Å²) >= 11 is 3.38. The standard InChI is InChI=1S/C21H20BrN3O4S/c22-17-6-7-19(23-14-17)24-9-11-25(12-10-24)21(26)20-16(8-13-29-20)15-30(27,28)18-4-2-1-3-5-18/h1-8,13-14H,9-12,15H2. The zero-order chi connectivity index (χ0) is 21.1. The van der Waals surface area contributed by atoms with E-state index < -0.39 is 9.84 Å². The van der Waals surface area contributed by atoms with Crippen LogP contribution in [-0.2, 0) is 15.6 Å². The Labute approximate surface area is 183 Å². The Morgan fingerprint density at radius 3 is 2.43 bits per heavy atom. The topological polar surface area (TPSA) is 83.7 Å². The van der Waals surface area contributed by atoms with Gasteiger partial charge in [-0.3, -0.25) is 4.79 Å². The lowest BCUT2D eigenvalue weighted by molar-refractivity contribution is 0.0713. The summed E-state index contributed by atoms with van der Waals surface area (Å²) in [5, 5.41) is 0. The van der Waals surface area contributed by atoms with Gasteiger partial charge in [-0.15, -0.1) is 0 Å². The number of aromatic nitrogens is 1. The van der Waals surface area contributed by atoms with Crippen molar-refractivity contribution in [1.29, 1.82) is 0 Å². The molecule has 3 heterocycles. The summed E-state index contributed by atoms with van der Waals surface area (Å²) in [6.07, 6.45) is 3.11. The fourth-order valence-electron chi connectivity index (χ4n) is 3.39. The molecule has 1 amide bonds. The summed E-state index contributed by atoms with van der Waals surface area (Å²) in [4.78, 5) is 21.4. The molecule has 0 atom stereocenters. The van der Waals surface area contributed by atoms with E-state index in [4.69, 9.17) is 4.42 Å². The summed E-state index contributed by atoms with van der Waals surface area (Å²) < 4.78 is 31.7. The van der Waals surface area contributed by atoms with Crippen LogP contribution in [0.15, 0.2) is 74.8 Å². The van der Waals surface area contributed by atoms with E-state index in [1.54, 1.807) is 47.5 Å². The molecule has 1 aromatic carbocycles. The molecule has 1 aliphatic heterocycles. The molecule has 156 valence electrons. The first-order valence-corrected chi connectivity index (χ1v) is 11.9. The fraction of sp³-hybridized carbons (Fsp3) is 0.238. The third-order valence-electron chi connectivity index (χ3n) is 4.99. The Morgan fingerprint density at radius 1 is 1.03 bits per heavy atom. The van der Waals surface area contributed by atoms with Gasteiger partial charge in [0.25, 0.3) is 5.91 Å². The average molecular weight is 490 g/mol. The molecule has 1 saturated heterocycles. The molecule has 0 saturated carbocycles. The maximum atomic E-state index is 13.0. The first-order chi connectivity index (χ1) is 14.4. The maximum absolute atomic E-state index is 13.0. The molecule has 1 fully saturated rings. The number of nitrogens with zero attached hydrogens (tertiary/aromatic N) is 3. The van der Waals surface area contributed by atoms with E-state index in [0.717, 1.165) is 10.3 Å². The molecule has 0 bridgehead atoms. The molecule has 0 aliphatic carbocycles. The molecule has 9 heteroatoms. The summed E-state index contributed by atoms with van der Waals surface area (Å²) in [7, 11) is -3.57. The van der Waals surface area contributed by atoms with E-state index in [1.807, 2.05) is 12.1 Å². The van der Waals surface area contributed by atoms with Crippen LogP contribution in [0.2, 0.25) is 0 Å². The molecular formula is C21H20BrN3O4S. The van der Waals surface area contributed by atoms with Gasteiger partial charge in [0.15, 0.2) is 15.6 Å². The fourth-order valence-corrected chi connectivity index (χ4v) is 5.00. The largest absolute Gasteiger partial charge is 0.459 e. The van der Waals surface area contributed by atoms with E-state index >= 15 is 0 Å². The number of benzene rings is 1. The van der Waals surface area contributed by atoms with Gasteiger partial charge in [0.05, 0.1) is 16.9 Å². The second kappa shape index (κ2) is 8.61. The van der Waals surface area contributed by atoms with Crippen molar-refractivity contribution in [3.8, 4) is 0 Å². The first kappa shape index (κ1) is 20.6. The Kier molecular flexibility index (Phi) is 5.92. The van der Waals surface area contributed by atoms with Crippen molar-refractivity contribution in [3.05, 3.63) is 76.8 Å². The van der Waals surface area contributed by atoms with Crippen LogP contribution < -0.4 is 4.90 Å². The van der Waals surface area contributed by atoms with Crippen molar-refractivity contribution in [1.82, 2.24) is 9.88 Å². The number of rotatable bonds is 5. The van der Waals surface area contributed by atoms with E-state index in [0.29, 0.717) is 31.7 Å². The highest BCUT2D eigenvalue weighted by atomic mass is 79.9. The molecule has 4 rings (SSSR count). The van der Waals surface area contributed by atoms with Gasteiger partial charge in [-0.1, -0.05) is 18.2 Å². The lowest BCUT2D eigenvalue weighted by Gasteiger charge is -2.35. The highest BCUT2D eigenvalue weighted by Gasteiger charge is 2.28. The van der Waals surface area contributed by atoms with Gasteiger partial charge in [-0.25, -0.2) is 13.4 Å². The van der Waals surface area contributed by atoms with Gasteiger partial charge >= 0.3 is 0 Å². The summed E-state index contributed by atoms with van der Waals surface area (Å²) in [6, 6.07) is 13.6. The molecule has 7 nitrogen and oxygen atoms in total. The predicted molar refractivity (Wildman–Crippen MR) is 116 cm³/mol. The van der Waals surface area contributed by atoms with Gasteiger partial charge in [0.2, 0.25) is 0 Å². The van der Waals surface area contributed by atoms with Gasteiger partial charge in [0, 0.05) is 42.4 Å². The second-order valence-corrected chi connectivity index (χ2v) is 9.87. The number of furan rings is 1. The van der Waals surface area contributed by atoms with E-state index in [-0.39, 0.29) is 22.3 Å². The van der Waals surface area contributed by atoms with Crippen molar-refractivity contribution in [2.24, 2.45) is 0 Å². The quantitative estimate of drug-likeness (QED) is 0.546. The number of hydrogen-bond acceptors (Lipinski definition) is 6. The van der Waals surface area contributed by atoms with Crippen molar-refractivity contribution >= 4 is 37.5 Å². The van der Waals surface area contributed by atoms with E-state index in [1.165, 1.54) is 6.26 Å². The molecule has 0 unspecified atom stereocenters. The summed E-state index contributed by atoms with van der Waals surface area (Å²) in [5.41, 5.74) is 0.376. The molecule has 0 N–H and O–H groups in total. The van der Waals surface area contributed by atoms with Crippen LogP contribution in [0.3, 0.4) is 0 Å². The third kappa shape index (κ3) is 4.41. The monoisotopic (exact) mass is 489 g/mol. The average Bonchev–Trinajstić information content (AvgIpc) is 3.22. The maximum Gasteiger partial charge on any atom is 0.289 e. The lowest BCUT2D eigenvalue weighted by Crippen LogP contribution is -2.49. The first-order valence-electron chi connectivity index (χ1n) is 9.44. The Morgan fingerprint density at radius 2 is 1.77 bits per heavy atom. The van der Waals surface area contributed by atoms with Crippen LogP contribution >= 0.6 is 15.9 Å². The molecule has 0 spiro atoms. The van der Waals surface area contributed by atoms with E-state index in [9.17, 15) is 13.2 Å². The van der Waals surface area contributed by atoms with Gasteiger partial charge in [-0.2, -0.15) is 0 Å². The number of anilines is 1. The van der Waals surface area contributed by atoms with Crippen LogP contribution in [0.4, 0.5) is 5.82 Å². The number of carbonyl (C=O) groups excluding carboxylic acids is 1. The van der Waals surface area contributed by atoms with Gasteiger partial charge < -0.3 is 14.2 Å². The summed E-state index contributed by atoms with van der Waals surface area (Å²) in [5.74, 6) is 0.376. The number of amides is 1. The number of halogens is 1. The zero-order valence-electron chi connectivity index (χ0n) is 16.1. The van der Waals surface area contributed by atoms with Crippen LogP contribution in [0.1, 0.15) is 16.1 Å². The molecule has 0 radical (unpaired) electrons. The van der Waals surface area contributed by atoms with Crippen LogP contribution in [0.5, 0.6) is 0 Å². The zero-order valence-corrected chi connectivity index (χ0v) is 18.5. The smallest absolute Gasteiger partial charge is 0.289 e. The number of hydrogen-bond donors (Lipinski definition) is 0. The predicted octanol–water partition coefficient (Wildman–Crippen LogP) is 3.37. The van der Waals surface area contributed by atoms with Crippen LogP contribution in [0, 0.1) is 0 Å². The number of piperazine rings is 1. The highest BCUT2D eigenvalue weighted by molar-refractivity contribution is 9.10. The third-order valence-corrected chi connectivity index (χ3v) is 7.14. The van der Waals surface area contributed by atoms with Crippen molar-refractivity contribution < 1.29 is 17.6 Å². The minimum Gasteiger partial charge on any atom is -0.459 e. The lowest BCUT2D eigenvalue weighted by atomic mass is 10.2. The minimum atomic E-state index is -3.57. The molecule has 30 heavy (non-hydrogen) atoms. The Balaban J connectivity index is 1.44. The normalized spacial score (nSPS) is 14.7. The number of sulfone groups is 1. The highest BCUT2D eigenvalue weighted by Crippen LogP contribution is 2.22. The van der Waals surface area contributed by atoms with Crippen LogP contribution in [-0.4, -0.2) is 50.4 Å². The Hall–Kier alpha value is -2.65. The molecule has 2 aromatic heterocycles. The number of carbonyl (C=O) groups is 1. The minimum absolute atomic E-state index is 0.0877. The van der Waals surface area contributed by atoms with Crippen molar-refractivity contribution in [2.45, 2.75) is 10.6 Å². The van der Waals surface area contributed by atoms with Crippen molar-refractivity contribution in [2.75, 3.05) is 31.1 Å². The Bertz CT molecular complexity index is 1120. The SMILES string of the molecule is O=C(c1occc1CS(=O)(=O)c1ccccc1)N1CCN(c2ccc(Br)cn2)CC1. The van der Waals surface area contributed by atoms with Crippen molar-refractivity contribution in [3.63, 3.8) is 0 Å².